The van der Waals surface area contributed by atoms with E-state index in [9.17, 15) is 4.79 Å². The second-order valence-electron chi connectivity index (χ2n) is 7.16. The normalized spacial score (nSPS) is 20.1. The van der Waals surface area contributed by atoms with E-state index in [1.54, 1.807) is 7.11 Å². The van der Waals surface area contributed by atoms with Gasteiger partial charge in [-0.25, -0.2) is 4.98 Å². The average molecular weight is 339 g/mol. The van der Waals surface area contributed by atoms with Crippen LogP contribution >= 0.6 is 0 Å². The molecular formula is C20H25N3O2. The minimum atomic E-state index is 0.125. The van der Waals surface area contributed by atoms with Crippen molar-refractivity contribution in [3.8, 4) is 5.75 Å². The van der Waals surface area contributed by atoms with E-state index >= 15 is 0 Å². The van der Waals surface area contributed by atoms with Crippen molar-refractivity contribution in [3.05, 3.63) is 47.5 Å². The van der Waals surface area contributed by atoms with Crippen LogP contribution in [-0.4, -0.2) is 34.0 Å². The molecule has 1 aliphatic carbocycles. The molecule has 1 saturated carbocycles. The second-order valence-corrected chi connectivity index (χ2v) is 7.16. The number of aromatic nitrogens is 2. The van der Waals surface area contributed by atoms with E-state index in [4.69, 9.17) is 4.74 Å². The SMILES string of the molecule is COc1ccc(Cn2c(C)cnc2C2CCCN2C(=O)C2CC2)cc1. The molecule has 1 saturated heterocycles. The van der Waals surface area contributed by atoms with Gasteiger partial charge in [-0.3, -0.25) is 4.79 Å². The Hall–Kier alpha value is -2.30. The van der Waals surface area contributed by atoms with Crippen molar-refractivity contribution >= 4 is 5.91 Å². The van der Waals surface area contributed by atoms with Gasteiger partial charge in [0.05, 0.1) is 13.2 Å². The number of amides is 1. The molecule has 0 N–H and O–H groups in total. The van der Waals surface area contributed by atoms with Gasteiger partial charge in [-0.1, -0.05) is 12.1 Å². The van der Waals surface area contributed by atoms with Gasteiger partial charge < -0.3 is 14.2 Å². The summed E-state index contributed by atoms with van der Waals surface area (Å²) in [6.45, 7) is 3.73. The van der Waals surface area contributed by atoms with Crippen molar-refractivity contribution < 1.29 is 9.53 Å². The number of hydrogen-bond donors (Lipinski definition) is 0. The highest BCUT2D eigenvalue weighted by molar-refractivity contribution is 5.81. The van der Waals surface area contributed by atoms with Gasteiger partial charge in [0.15, 0.2) is 0 Å². The zero-order valence-electron chi connectivity index (χ0n) is 14.9. The van der Waals surface area contributed by atoms with Crippen LogP contribution in [0.1, 0.15) is 48.8 Å². The largest absolute Gasteiger partial charge is 0.497 e. The molecule has 132 valence electrons. The molecule has 2 fully saturated rings. The Labute approximate surface area is 148 Å². The molecule has 1 aliphatic heterocycles. The predicted molar refractivity (Wildman–Crippen MR) is 95.5 cm³/mol. The molecule has 25 heavy (non-hydrogen) atoms. The van der Waals surface area contributed by atoms with Gasteiger partial charge in [0.25, 0.3) is 0 Å². The number of likely N-dealkylation sites (tertiary alicyclic amines) is 1. The summed E-state index contributed by atoms with van der Waals surface area (Å²) >= 11 is 0. The van der Waals surface area contributed by atoms with Crippen molar-refractivity contribution in [1.29, 1.82) is 0 Å². The monoisotopic (exact) mass is 339 g/mol. The predicted octanol–water partition coefficient (Wildman–Crippen LogP) is 3.32. The zero-order valence-corrected chi connectivity index (χ0v) is 14.9. The van der Waals surface area contributed by atoms with E-state index in [0.29, 0.717) is 5.91 Å². The fraction of sp³-hybridized carbons (Fsp3) is 0.500. The third kappa shape index (κ3) is 3.15. The lowest BCUT2D eigenvalue weighted by atomic mass is 10.1. The number of hydrogen-bond acceptors (Lipinski definition) is 3. The van der Waals surface area contributed by atoms with Crippen molar-refractivity contribution in [1.82, 2.24) is 14.5 Å². The number of benzene rings is 1. The first-order chi connectivity index (χ1) is 12.2. The van der Waals surface area contributed by atoms with Crippen LogP contribution in [0.2, 0.25) is 0 Å². The minimum Gasteiger partial charge on any atom is -0.497 e. The number of rotatable bonds is 5. The van der Waals surface area contributed by atoms with E-state index in [1.807, 2.05) is 18.3 Å². The first-order valence-corrected chi connectivity index (χ1v) is 9.13. The second kappa shape index (κ2) is 6.54. The van der Waals surface area contributed by atoms with Crippen molar-refractivity contribution in [2.24, 2.45) is 5.92 Å². The van der Waals surface area contributed by atoms with Crippen LogP contribution in [0.25, 0.3) is 0 Å². The van der Waals surface area contributed by atoms with Gasteiger partial charge >= 0.3 is 0 Å². The van der Waals surface area contributed by atoms with Gasteiger partial charge in [-0.2, -0.15) is 0 Å². The fourth-order valence-electron chi connectivity index (χ4n) is 3.73. The Kier molecular flexibility index (Phi) is 4.24. The highest BCUT2D eigenvalue weighted by atomic mass is 16.5. The Morgan fingerprint density at radius 2 is 2.00 bits per heavy atom. The van der Waals surface area contributed by atoms with Crippen molar-refractivity contribution in [2.45, 2.75) is 45.2 Å². The Balaban J connectivity index is 1.59. The summed E-state index contributed by atoms with van der Waals surface area (Å²) in [5.74, 6) is 2.49. The van der Waals surface area contributed by atoms with Gasteiger partial charge in [0, 0.05) is 30.9 Å². The Bertz CT molecular complexity index is 762. The molecule has 2 aliphatic rings. The maximum Gasteiger partial charge on any atom is 0.226 e. The molecule has 2 aromatic rings. The first-order valence-electron chi connectivity index (χ1n) is 9.13. The maximum atomic E-state index is 12.6. The van der Waals surface area contributed by atoms with Gasteiger partial charge in [-0.05, 0) is 50.3 Å². The highest BCUT2D eigenvalue weighted by Crippen LogP contribution is 2.38. The molecule has 1 aromatic carbocycles. The van der Waals surface area contributed by atoms with Gasteiger partial charge in [0.2, 0.25) is 5.91 Å². The van der Waals surface area contributed by atoms with Crippen molar-refractivity contribution in [3.63, 3.8) is 0 Å². The molecular weight excluding hydrogens is 314 g/mol. The van der Waals surface area contributed by atoms with Gasteiger partial charge in [-0.15, -0.1) is 0 Å². The number of methoxy groups -OCH3 is 1. The van der Waals surface area contributed by atoms with E-state index < -0.39 is 0 Å². The molecule has 1 unspecified atom stereocenters. The van der Waals surface area contributed by atoms with Crippen LogP contribution in [0.3, 0.4) is 0 Å². The minimum absolute atomic E-state index is 0.125. The molecule has 1 amide bonds. The summed E-state index contributed by atoms with van der Waals surface area (Å²) in [5.41, 5.74) is 2.35. The molecule has 4 rings (SSSR count). The Morgan fingerprint density at radius 3 is 2.68 bits per heavy atom. The highest BCUT2D eigenvalue weighted by Gasteiger charge is 2.40. The smallest absolute Gasteiger partial charge is 0.226 e. The number of ether oxygens (including phenoxy) is 1. The maximum absolute atomic E-state index is 12.6. The lowest BCUT2D eigenvalue weighted by Crippen LogP contribution is -2.33. The fourth-order valence-corrected chi connectivity index (χ4v) is 3.73. The summed E-state index contributed by atoms with van der Waals surface area (Å²) in [6, 6.07) is 8.27. The van der Waals surface area contributed by atoms with E-state index in [2.05, 4.69) is 33.5 Å². The van der Waals surface area contributed by atoms with E-state index in [-0.39, 0.29) is 12.0 Å². The molecule has 0 spiro atoms. The molecule has 1 atom stereocenters. The van der Waals surface area contributed by atoms with Crippen LogP contribution in [-0.2, 0) is 11.3 Å². The number of carbonyl (C=O) groups is 1. The Morgan fingerprint density at radius 1 is 1.24 bits per heavy atom. The summed E-state index contributed by atoms with van der Waals surface area (Å²) < 4.78 is 7.49. The van der Waals surface area contributed by atoms with Crippen LogP contribution < -0.4 is 4.74 Å². The number of aryl methyl sites for hydroxylation is 1. The molecule has 0 radical (unpaired) electrons. The van der Waals surface area contributed by atoms with Crippen LogP contribution in [0, 0.1) is 12.8 Å². The molecule has 5 heteroatoms. The molecule has 0 bridgehead atoms. The van der Waals surface area contributed by atoms with E-state index in [1.165, 1.54) is 5.56 Å². The van der Waals surface area contributed by atoms with E-state index in [0.717, 1.165) is 56.0 Å². The van der Waals surface area contributed by atoms with Crippen molar-refractivity contribution in [2.75, 3.05) is 13.7 Å². The summed E-state index contributed by atoms with van der Waals surface area (Å²) in [6.07, 6.45) is 6.12. The standard InChI is InChI=1S/C20H25N3O2/c1-14-12-21-19(18-4-3-11-22(18)20(24)16-7-8-16)23(14)13-15-5-9-17(25-2)10-6-15/h5-6,9-10,12,16,18H,3-4,7-8,11,13H2,1-2H3. The zero-order chi connectivity index (χ0) is 17.4. The topological polar surface area (TPSA) is 47.4 Å². The van der Waals surface area contributed by atoms with Crippen LogP contribution in [0.15, 0.2) is 30.5 Å². The molecule has 5 nitrogen and oxygen atoms in total. The summed E-state index contributed by atoms with van der Waals surface area (Å²) in [5, 5.41) is 0. The lowest BCUT2D eigenvalue weighted by Gasteiger charge is -2.25. The first kappa shape index (κ1) is 16.2. The quantitative estimate of drug-likeness (QED) is 0.839. The van der Waals surface area contributed by atoms with Crippen LogP contribution in [0.4, 0.5) is 0 Å². The van der Waals surface area contributed by atoms with Crippen LogP contribution in [0.5, 0.6) is 5.75 Å². The molecule has 2 heterocycles. The van der Waals surface area contributed by atoms with Gasteiger partial charge in [0.1, 0.15) is 11.6 Å². The molecule has 1 aromatic heterocycles. The number of carbonyl (C=O) groups excluding carboxylic acids is 1. The summed E-state index contributed by atoms with van der Waals surface area (Å²) in [7, 11) is 1.68. The lowest BCUT2D eigenvalue weighted by molar-refractivity contribution is -0.133. The summed E-state index contributed by atoms with van der Waals surface area (Å²) in [4.78, 5) is 19.4. The number of imidazole rings is 1. The third-order valence-electron chi connectivity index (χ3n) is 5.35. The average Bonchev–Trinajstić information content (AvgIpc) is 3.27. The number of nitrogens with zero attached hydrogens (tertiary/aromatic N) is 3. The third-order valence-corrected chi connectivity index (χ3v) is 5.35.